The fraction of sp³-hybridized carbons (Fsp3) is 0.533. The van der Waals surface area contributed by atoms with Crippen LogP contribution in [0.4, 0.5) is 13.2 Å². The van der Waals surface area contributed by atoms with Crippen LogP contribution in [0.3, 0.4) is 0 Å². The molecule has 0 bridgehead atoms. The molecule has 0 aliphatic rings. The second kappa shape index (κ2) is 7.45. The van der Waals surface area contributed by atoms with Crippen LogP contribution in [0.5, 0.6) is 0 Å². The number of nitrogens with two attached hydrogens (primary N) is 1. The monoisotopic (exact) mass is 302 g/mol. The molecule has 3 nitrogen and oxygen atoms in total. The van der Waals surface area contributed by atoms with Gasteiger partial charge >= 0.3 is 6.18 Å². The molecular formula is C15H21F3N2O. The van der Waals surface area contributed by atoms with Gasteiger partial charge in [0.05, 0.1) is 11.6 Å². The maximum Gasteiger partial charge on any atom is 0.416 e. The summed E-state index contributed by atoms with van der Waals surface area (Å²) in [4.78, 5) is 11.8. The molecule has 0 heterocycles. The minimum Gasteiger partial charge on any atom is -0.350 e. The Morgan fingerprint density at radius 3 is 2.57 bits per heavy atom. The summed E-state index contributed by atoms with van der Waals surface area (Å²) < 4.78 is 37.9. The third-order valence-corrected chi connectivity index (χ3v) is 3.36. The van der Waals surface area contributed by atoms with E-state index in [9.17, 15) is 18.0 Å². The Labute approximate surface area is 122 Å². The van der Waals surface area contributed by atoms with Gasteiger partial charge in [-0.1, -0.05) is 19.1 Å². The van der Waals surface area contributed by atoms with Crippen molar-refractivity contribution in [2.45, 2.75) is 38.9 Å². The zero-order valence-electron chi connectivity index (χ0n) is 12.2. The highest BCUT2D eigenvalue weighted by atomic mass is 19.4. The van der Waals surface area contributed by atoms with Crippen molar-refractivity contribution in [3.8, 4) is 0 Å². The number of hydrogen-bond acceptors (Lipinski definition) is 2. The molecule has 0 aliphatic heterocycles. The first kappa shape index (κ1) is 17.5. The van der Waals surface area contributed by atoms with E-state index >= 15 is 0 Å². The van der Waals surface area contributed by atoms with E-state index in [1.54, 1.807) is 13.0 Å². The van der Waals surface area contributed by atoms with Gasteiger partial charge in [-0.05, 0) is 43.5 Å². The first-order valence-corrected chi connectivity index (χ1v) is 6.90. The molecule has 0 saturated heterocycles. The van der Waals surface area contributed by atoms with E-state index in [0.29, 0.717) is 24.9 Å². The number of halogens is 3. The Morgan fingerprint density at radius 1 is 1.33 bits per heavy atom. The average molecular weight is 302 g/mol. The molecule has 0 radical (unpaired) electrons. The van der Waals surface area contributed by atoms with Crippen LogP contribution in [0.25, 0.3) is 0 Å². The topological polar surface area (TPSA) is 55.1 Å². The van der Waals surface area contributed by atoms with Crippen molar-refractivity contribution < 1.29 is 18.0 Å². The van der Waals surface area contributed by atoms with Gasteiger partial charge in [0.1, 0.15) is 0 Å². The molecule has 118 valence electrons. The normalized spacial score (nSPS) is 14.6. The summed E-state index contributed by atoms with van der Waals surface area (Å²) >= 11 is 0. The standard InChI is InChI=1S/C15H21F3N2O/c1-10(9-19)6-7-14(21)20-11(2)12-4-3-5-13(8-12)15(16,17)18/h3-5,8,10-11H,6-7,9,19H2,1-2H3,(H,20,21). The molecule has 1 aromatic carbocycles. The first-order valence-electron chi connectivity index (χ1n) is 6.90. The Morgan fingerprint density at radius 2 is 2.00 bits per heavy atom. The average Bonchev–Trinajstić information content (AvgIpc) is 2.43. The molecule has 0 spiro atoms. The van der Waals surface area contributed by atoms with Crippen LogP contribution < -0.4 is 11.1 Å². The van der Waals surface area contributed by atoms with Gasteiger partial charge in [0.25, 0.3) is 0 Å². The van der Waals surface area contributed by atoms with Gasteiger partial charge in [-0.3, -0.25) is 4.79 Å². The van der Waals surface area contributed by atoms with Gasteiger partial charge in [0.15, 0.2) is 0 Å². The number of benzene rings is 1. The van der Waals surface area contributed by atoms with Crippen LogP contribution in [0.15, 0.2) is 24.3 Å². The molecule has 1 amide bonds. The van der Waals surface area contributed by atoms with Gasteiger partial charge in [-0.2, -0.15) is 13.2 Å². The maximum absolute atomic E-state index is 12.6. The molecule has 6 heteroatoms. The molecule has 3 N–H and O–H groups in total. The first-order chi connectivity index (χ1) is 9.74. The minimum absolute atomic E-state index is 0.180. The fourth-order valence-electron chi connectivity index (χ4n) is 1.88. The lowest BCUT2D eigenvalue weighted by Crippen LogP contribution is -2.27. The van der Waals surface area contributed by atoms with E-state index in [-0.39, 0.29) is 11.8 Å². The number of rotatable bonds is 6. The highest BCUT2D eigenvalue weighted by Crippen LogP contribution is 2.30. The summed E-state index contributed by atoms with van der Waals surface area (Å²) in [6, 6.07) is 4.53. The molecule has 21 heavy (non-hydrogen) atoms. The highest BCUT2D eigenvalue weighted by Gasteiger charge is 2.30. The number of carbonyl (C=O) groups excluding carboxylic acids is 1. The predicted molar refractivity (Wildman–Crippen MR) is 75.5 cm³/mol. The SMILES string of the molecule is CC(CN)CCC(=O)NC(C)c1cccc(C(F)(F)F)c1. The quantitative estimate of drug-likeness (QED) is 0.847. The second-order valence-corrected chi connectivity index (χ2v) is 5.29. The second-order valence-electron chi connectivity index (χ2n) is 5.29. The number of alkyl halides is 3. The number of carbonyl (C=O) groups is 1. The van der Waals surface area contributed by atoms with Crippen molar-refractivity contribution in [3.05, 3.63) is 35.4 Å². The van der Waals surface area contributed by atoms with E-state index < -0.39 is 17.8 Å². The summed E-state index contributed by atoms with van der Waals surface area (Å²) in [6.45, 7) is 4.12. The predicted octanol–water partition coefficient (Wildman–Crippen LogP) is 3.26. The van der Waals surface area contributed by atoms with Crippen LogP contribution >= 0.6 is 0 Å². The number of hydrogen-bond donors (Lipinski definition) is 2. The molecule has 0 aliphatic carbocycles. The Kier molecular flexibility index (Phi) is 6.20. The molecule has 2 unspecified atom stereocenters. The number of nitrogens with one attached hydrogen (secondary N) is 1. The summed E-state index contributed by atoms with van der Waals surface area (Å²) in [5.41, 5.74) is 5.19. The third-order valence-electron chi connectivity index (χ3n) is 3.36. The zero-order valence-corrected chi connectivity index (χ0v) is 12.2. The van der Waals surface area contributed by atoms with Gasteiger partial charge in [-0.15, -0.1) is 0 Å². The van der Waals surface area contributed by atoms with Gasteiger partial charge < -0.3 is 11.1 Å². The summed E-state index contributed by atoms with van der Waals surface area (Å²) in [6.07, 6.45) is -3.39. The maximum atomic E-state index is 12.6. The van der Waals surface area contributed by atoms with E-state index in [2.05, 4.69) is 5.32 Å². The largest absolute Gasteiger partial charge is 0.416 e. The zero-order chi connectivity index (χ0) is 16.0. The molecule has 0 fully saturated rings. The van der Waals surface area contributed by atoms with Gasteiger partial charge in [-0.25, -0.2) is 0 Å². The van der Waals surface area contributed by atoms with Crippen LogP contribution in [0.2, 0.25) is 0 Å². The lowest BCUT2D eigenvalue weighted by atomic mass is 10.0. The minimum atomic E-state index is -4.38. The molecular weight excluding hydrogens is 281 g/mol. The lowest BCUT2D eigenvalue weighted by Gasteiger charge is -2.17. The van der Waals surface area contributed by atoms with E-state index in [0.717, 1.165) is 12.1 Å². The summed E-state index contributed by atoms with van der Waals surface area (Å²) in [7, 11) is 0. The van der Waals surface area contributed by atoms with Crippen molar-refractivity contribution in [1.29, 1.82) is 0 Å². The van der Waals surface area contributed by atoms with E-state index in [1.165, 1.54) is 6.07 Å². The fourth-order valence-corrected chi connectivity index (χ4v) is 1.88. The van der Waals surface area contributed by atoms with Crippen molar-refractivity contribution in [2.75, 3.05) is 6.54 Å². The van der Waals surface area contributed by atoms with Crippen LogP contribution in [0.1, 0.15) is 43.9 Å². The van der Waals surface area contributed by atoms with Crippen LogP contribution in [-0.2, 0) is 11.0 Å². The van der Waals surface area contributed by atoms with Crippen LogP contribution in [0, 0.1) is 5.92 Å². The van der Waals surface area contributed by atoms with Crippen molar-refractivity contribution in [3.63, 3.8) is 0 Å². The Bertz CT molecular complexity index is 474. The summed E-state index contributed by atoms with van der Waals surface area (Å²) in [5, 5.41) is 2.71. The molecule has 1 rings (SSSR count). The van der Waals surface area contributed by atoms with E-state index in [4.69, 9.17) is 5.73 Å². The molecule has 2 atom stereocenters. The molecule has 1 aromatic rings. The number of amides is 1. The van der Waals surface area contributed by atoms with Gasteiger partial charge in [0, 0.05) is 6.42 Å². The Hall–Kier alpha value is -1.56. The lowest BCUT2D eigenvalue weighted by molar-refractivity contribution is -0.137. The van der Waals surface area contributed by atoms with Crippen LogP contribution in [-0.4, -0.2) is 12.5 Å². The smallest absolute Gasteiger partial charge is 0.350 e. The van der Waals surface area contributed by atoms with Gasteiger partial charge in [0.2, 0.25) is 5.91 Å². The Balaban J connectivity index is 2.63. The van der Waals surface area contributed by atoms with Crippen molar-refractivity contribution in [1.82, 2.24) is 5.32 Å². The highest BCUT2D eigenvalue weighted by molar-refractivity contribution is 5.76. The third kappa shape index (κ3) is 5.75. The summed E-state index contributed by atoms with van der Waals surface area (Å²) in [5.74, 6) is 0.0693. The van der Waals surface area contributed by atoms with E-state index in [1.807, 2.05) is 6.92 Å². The molecule has 0 saturated carbocycles. The van der Waals surface area contributed by atoms with Crippen molar-refractivity contribution >= 4 is 5.91 Å². The molecule has 0 aromatic heterocycles. The van der Waals surface area contributed by atoms with Crippen molar-refractivity contribution in [2.24, 2.45) is 11.7 Å².